The standard InChI is InChI=1S/C15H18.C2H6/c1-3-4-5-6-7-8-9-15-12-10-14(2)11-13-15;1-2/h3-8,10-13H,9H2,1-2H3;1-2H3/b4-3-,6-5-,8-7+;. The molecule has 0 bridgehead atoms. The molecule has 0 saturated carbocycles. The van der Waals surface area contributed by atoms with Crippen molar-refractivity contribution < 1.29 is 0 Å². The van der Waals surface area contributed by atoms with Crippen LogP contribution in [-0.2, 0) is 6.42 Å². The van der Waals surface area contributed by atoms with Gasteiger partial charge in [-0.1, -0.05) is 80.1 Å². The van der Waals surface area contributed by atoms with Gasteiger partial charge in [0.1, 0.15) is 0 Å². The summed E-state index contributed by atoms with van der Waals surface area (Å²) in [5, 5.41) is 0. The first-order valence-corrected chi connectivity index (χ1v) is 6.33. The molecule has 0 unspecified atom stereocenters. The average molecular weight is 228 g/mol. The first kappa shape index (κ1) is 15.4. The summed E-state index contributed by atoms with van der Waals surface area (Å²) in [6.45, 7) is 8.12. The molecule has 1 rings (SSSR count). The van der Waals surface area contributed by atoms with Crippen LogP contribution in [-0.4, -0.2) is 0 Å². The van der Waals surface area contributed by atoms with Crippen LogP contribution in [0.1, 0.15) is 31.9 Å². The Hall–Kier alpha value is -1.56. The van der Waals surface area contributed by atoms with Crippen molar-refractivity contribution in [2.24, 2.45) is 0 Å². The fraction of sp³-hybridized carbons (Fsp3) is 0.294. The van der Waals surface area contributed by atoms with Crippen molar-refractivity contribution >= 4 is 0 Å². The summed E-state index contributed by atoms with van der Waals surface area (Å²) in [6, 6.07) is 8.66. The lowest BCUT2D eigenvalue weighted by molar-refractivity contribution is 1.26. The summed E-state index contributed by atoms with van der Waals surface area (Å²) >= 11 is 0. The van der Waals surface area contributed by atoms with Crippen LogP contribution in [0.3, 0.4) is 0 Å². The predicted molar refractivity (Wildman–Crippen MR) is 79.3 cm³/mol. The molecule has 0 aromatic heterocycles. The van der Waals surface area contributed by atoms with Crippen molar-refractivity contribution in [1.82, 2.24) is 0 Å². The second kappa shape index (κ2) is 10.9. The van der Waals surface area contributed by atoms with E-state index in [1.807, 2.05) is 45.1 Å². The molecule has 92 valence electrons. The first-order chi connectivity index (χ1) is 8.33. The molecule has 0 aliphatic carbocycles. The zero-order chi connectivity index (χ0) is 12.9. The van der Waals surface area contributed by atoms with Crippen LogP contribution in [0.4, 0.5) is 0 Å². The third-order valence-corrected chi connectivity index (χ3v) is 2.14. The van der Waals surface area contributed by atoms with Gasteiger partial charge in [0.25, 0.3) is 0 Å². The van der Waals surface area contributed by atoms with E-state index >= 15 is 0 Å². The Morgan fingerprint density at radius 3 is 2.06 bits per heavy atom. The largest absolute Gasteiger partial charge is 0.0877 e. The molecule has 0 N–H and O–H groups in total. The minimum absolute atomic E-state index is 1.00. The molecular weight excluding hydrogens is 204 g/mol. The van der Waals surface area contributed by atoms with E-state index in [9.17, 15) is 0 Å². The molecule has 0 saturated heterocycles. The Morgan fingerprint density at radius 2 is 1.47 bits per heavy atom. The number of benzene rings is 1. The highest BCUT2D eigenvalue weighted by Crippen LogP contribution is 2.04. The fourth-order valence-electron chi connectivity index (χ4n) is 1.25. The monoisotopic (exact) mass is 228 g/mol. The first-order valence-electron chi connectivity index (χ1n) is 6.33. The van der Waals surface area contributed by atoms with Crippen molar-refractivity contribution in [3.8, 4) is 0 Å². The predicted octanol–water partition coefficient (Wildman–Crippen LogP) is 5.25. The van der Waals surface area contributed by atoms with E-state index in [0.717, 1.165) is 6.42 Å². The normalized spacial score (nSPS) is 11.1. The Bertz CT molecular complexity index is 350. The van der Waals surface area contributed by atoms with Crippen LogP contribution in [0.15, 0.2) is 60.7 Å². The second-order valence-electron chi connectivity index (χ2n) is 3.53. The van der Waals surface area contributed by atoms with Crippen molar-refractivity contribution in [1.29, 1.82) is 0 Å². The number of allylic oxidation sites excluding steroid dienone is 6. The van der Waals surface area contributed by atoms with Gasteiger partial charge in [-0.05, 0) is 25.8 Å². The van der Waals surface area contributed by atoms with Gasteiger partial charge < -0.3 is 0 Å². The van der Waals surface area contributed by atoms with Crippen LogP contribution in [0.5, 0.6) is 0 Å². The Balaban J connectivity index is 0.00000121. The molecule has 0 fully saturated rings. The van der Waals surface area contributed by atoms with Crippen molar-refractivity contribution in [2.45, 2.75) is 34.1 Å². The molecule has 0 aliphatic heterocycles. The van der Waals surface area contributed by atoms with Gasteiger partial charge in [-0.3, -0.25) is 0 Å². The zero-order valence-corrected chi connectivity index (χ0v) is 11.5. The number of aryl methyl sites for hydroxylation is 1. The molecule has 0 nitrogen and oxygen atoms in total. The molecule has 1 aromatic carbocycles. The maximum absolute atomic E-state index is 2.18. The van der Waals surface area contributed by atoms with Gasteiger partial charge in [-0.15, -0.1) is 0 Å². The van der Waals surface area contributed by atoms with Crippen LogP contribution in [0.25, 0.3) is 0 Å². The highest BCUT2D eigenvalue weighted by molar-refractivity contribution is 5.23. The molecule has 17 heavy (non-hydrogen) atoms. The molecule has 0 spiro atoms. The van der Waals surface area contributed by atoms with E-state index < -0.39 is 0 Å². The topological polar surface area (TPSA) is 0 Å². The van der Waals surface area contributed by atoms with E-state index in [0.29, 0.717) is 0 Å². The Morgan fingerprint density at radius 1 is 0.882 bits per heavy atom. The highest BCUT2D eigenvalue weighted by Gasteiger charge is 1.87. The van der Waals surface area contributed by atoms with E-state index in [1.54, 1.807) is 0 Å². The molecule has 0 atom stereocenters. The van der Waals surface area contributed by atoms with E-state index in [2.05, 4.69) is 43.3 Å². The summed E-state index contributed by atoms with van der Waals surface area (Å²) in [7, 11) is 0. The fourth-order valence-corrected chi connectivity index (χ4v) is 1.25. The minimum atomic E-state index is 1.00. The zero-order valence-electron chi connectivity index (χ0n) is 11.5. The van der Waals surface area contributed by atoms with E-state index in [-0.39, 0.29) is 0 Å². The molecule has 1 aromatic rings. The van der Waals surface area contributed by atoms with Gasteiger partial charge in [0.2, 0.25) is 0 Å². The SMILES string of the molecule is CC.C\C=C/C=C\C=C\Cc1ccc(C)cc1. The summed E-state index contributed by atoms with van der Waals surface area (Å²) in [6.07, 6.45) is 13.4. The van der Waals surface area contributed by atoms with Gasteiger partial charge in [0.15, 0.2) is 0 Å². The van der Waals surface area contributed by atoms with Crippen molar-refractivity contribution in [3.05, 3.63) is 71.8 Å². The third kappa shape index (κ3) is 8.27. The third-order valence-electron chi connectivity index (χ3n) is 2.14. The van der Waals surface area contributed by atoms with Gasteiger partial charge in [0.05, 0.1) is 0 Å². The lowest BCUT2D eigenvalue weighted by atomic mass is 10.1. The van der Waals surface area contributed by atoms with Gasteiger partial charge >= 0.3 is 0 Å². The summed E-state index contributed by atoms with van der Waals surface area (Å²) in [5.74, 6) is 0. The number of hydrogen-bond acceptors (Lipinski definition) is 0. The van der Waals surface area contributed by atoms with Crippen LogP contribution in [0, 0.1) is 6.92 Å². The smallest absolute Gasteiger partial charge is 0.00943 e. The lowest BCUT2D eigenvalue weighted by Gasteiger charge is -1.96. The molecule has 0 aliphatic rings. The van der Waals surface area contributed by atoms with E-state index in [1.165, 1.54) is 11.1 Å². The van der Waals surface area contributed by atoms with Gasteiger partial charge in [0, 0.05) is 0 Å². The van der Waals surface area contributed by atoms with Crippen LogP contribution < -0.4 is 0 Å². The maximum Gasteiger partial charge on any atom is -0.00943 e. The van der Waals surface area contributed by atoms with Crippen LogP contribution >= 0.6 is 0 Å². The maximum atomic E-state index is 2.18. The van der Waals surface area contributed by atoms with Gasteiger partial charge in [-0.25, -0.2) is 0 Å². The summed E-state index contributed by atoms with van der Waals surface area (Å²) in [4.78, 5) is 0. The molecule has 0 radical (unpaired) electrons. The van der Waals surface area contributed by atoms with Crippen molar-refractivity contribution in [3.63, 3.8) is 0 Å². The minimum Gasteiger partial charge on any atom is -0.0877 e. The van der Waals surface area contributed by atoms with Gasteiger partial charge in [-0.2, -0.15) is 0 Å². The highest BCUT2D eigenvalue weighted by atomic mass is 13.9. The number of hydrogen-bond donors (Lipinski definition) is 0. The summed E-state index contributed by atoms with van der Waals surface area (Å²) < 4.78 is 0. The lowest BCUT2D eigenvalue weighted by Crippen LogP contribution is -1.80. The second-order valence-corrected chi connectivity index (χ2v) is 3.53. The average Bonchev–Trinajstić information content (AvgIpc) is 2.38. The molecule has 0 heteroatoms. The van der Waals surface area contributed by atoms with E-state index in [4.69, 9.17) is 0 Å². The summed E-state index contributed by atoms with van der Waals surface area (Å²) in [5.41, 5.74) is 2.67. The van der Waals surface area contributed by atoms with Crippen molar-refractivity contribution in [2.75, 3.05) is 0 Å². The molecule has 0 amide bonds. The Kier molecular flexibility index (Phi) is 9.94. The number of rotatable bonds is 4. The van der Waals surface area contributed by atoms with Crippen LogP contribution in [0.2, 0.25) is 0 Å². The Labute approximate surface area is 106 Å². The quantitative estimate of drug-likeness (QED) is 0.617. The molecule has 0 heterocycles. The molecular formula is C17H24.